The normalized spacial score (nSPS) is 15.2. The van der Waals surface area contributed by atoms with Crippen molar-refractivity contribution in [2.45, 2.75) is 12.3 Å². The van der Waals surface area contributed by atoms with Crippen molar-refractivity contribution in [3.05, 3.63) is 22.4 Å². The molecule has 0 bridgehead atoms. The summed E-state index contributed by atoms with van der Waals surface area (Å²) in [6.45, 7) is 0.872. The Labute approximate surface area is 115 Å². The predicted molar refractivity (Wildman–Crippen MR) is 59.9 cm³/mol. The van der Waals surface area contributed by atoms with Crippen LogP contribution in [0.4, 0.5) is 18.9 Å². The maximum absolute atomic E-state index is 12.2. The summed E-state index contributed by atoms with van der Waals surface area (Å²) < 4.78 is 45.8. The second-order valence-corrected chi connectivity index (χ2v) is 4.04. The number of nitro groups is 1. The molecule has 11 heteroatoms. The van der Waals surface area contributed by atoms with E-state index < -0.39 is 34.4 Å². The molecule has 2 heterocycles. The second-order valence-electron chi connectivity index (χ2n) is 4.04. The van der Waals surface area contributed by atoms with Crippen molar-refractivity contribution in [3.63, 3.8) is 0 Å². The van der Waals surface area contributed by atoms with E-state index in [-0.39, 0.29) is 6.10 Å². The van der Waals surface area contributed by atoms with E-state index in [1.54, 1.807) is 0 Å². The number of aromatic nitrogens is 1. The van der Waals surface area contributed by atoms with Gasteiger partial charge < -0.3 is 14.8 Å². The Bertz CT molecular complexity index is 574. The minimum absolute atomic E-state index is 0.359. The molecular weight excluding hydrogens is 299 g/mol. The first-order chi connectivity index (χ1) is 9.77. The molecule has 0 amide bonds. The monoisotopic (exact) mass is 307 g/mol. The number of alkyl halides is 3. The van der Waals surface area contributed by atoms with Gasteiger partial charge in [-0.25, -0.2) is 9.78 Å². The fourth-order valence-corrected chi connectivity index (χ4v) is 1.34. The molecule has 8 nitrogen and oxygen atoms in total. The lowest BCUT2D eigenvalue weighted by Crippen LogP contribution is -2.50. The van der Waals surface area contributed by atoms with Gasteiger partial charge in [0, 0.05) is 13.1 Å². The van der Waals surface area contributed by atoms with Crippen molar-refractivity contribution >= 4 is 11.7 Å². The fourth-order valence-electron chi connectivity index (χ4n) is 1.34. The number of esters is 1. The number of halogens is 3. The Morgan fingerprint density at radius 2 is 2.14 bits per heavy atom. The molecule has 1 saturated heterocycles. The van der Waals surface area contributed by atoms with Crippen molar-refractivity contribution in [1.29, 1.82) is 0 Å². The third kappa shape index (κ3) is 3.56. The highest BCUT2D eigenvalue weighted by Gasteiger charge is 2.42. The molecule has 1 aliphatic heterocycles. The number of ether oxygens (including phenoxy) is 2. The van der Waals surface area contributed by atoms with E-state index >= 15 is 0 Å². The minimum atomic E-state index is -5.24. The molecule has 21 heavy (non-hydrogen) atoms. The van der Waals surface area contributed by atoms with Crippen LogP contribution in [0.5, 0.6) is 11.6 Å². The third-order valence-corrected chi connectivity index (χ3v) is 2.47. The first-order valence-corrected chi connectivity index (χ1v) is 5.58. The summed E-state index contributed by atoms with van der Waals surface area (Å²) in [5.74, 6) is -3.68. The molecule has 0 aliphatic carbocycles. The van der Waals surface area contributed by atoms with Crippen LogP contribution < -0.4 is 14.8 Å². The maximum atomic E-state index is 12.2. The number of nitrogens with one attached hydrogen (secondary N) is 1. The Hall–Kier alpha value is -2.43. The standard InChI is InChI=1S/C10H8F3N3O5/c11-10(12,13)9(17)21-7-1-5(16(18)19)2-15-8(7)20-6-3-14-4-6/h1-2,6,14H,3-4H2. The molecule has 1 fully saturated rings. The number of hydrogen-bond acceptors (Lipinski definition) is 7. The van der Waals surface area contributed by atoms with Crippen LogP contribution in [0.3, 0.4) is 0 Å². The molecular formula is C10H8F3N3O5. The summed E-state index contributed by atoms with van der Waals surface area (Å²) in [4.78, 5) is 24.1. The summed E-state index contributed by atoms with van der Waals surface area (Å²) in [7, 11) is 0. The molecule has 0 unspecified atom stereocenters. The number of carbonyl (C=O) groups is 1. The molecule has 0 saturated carbocycles. The molecule has 1 aromatic rings. The van der Waals surface area contributed by atoms with E-state index in [9.17, 15) is 28.1 Å². The van der Waals surface area contributed by atoms with Crippen LogP contribution >= 0.6 is 0 Å². The van der Waals surface area contributed by atoms with Crippen LogP contribution in [0.2, 0.25) is 0 Å². The number of rotatable bonds is 4. The highest BCUT2D eigenvalue weighted by Crippen LogP contribution is 2.31. The van der Waals surface area contributed by atoms with Gasteiger partial charge in [-0.15, -0.1) is 0 Å². The van der Waals surface area contributed by atoms with Gasteiger partial charge in [0.05, 0.1) is 11.0 Å². The maximum Gasteiger partial charge on any atom is 0.491 e. The number of carbonyl (C=O) groups excluding carboxylic acids is 1. The van der Waals surface area contributed by atoms with Gasteiger partial charge in [0.15, 0.2) is 5.75 Å². The van der Waals surface area contributed by atoms with Gasteiger partial charge >= 0.3 is 12.1 Å². The van der Waals surface area contributed by atoms with E-state index in [1.165, 1.54) is 0 Å². The van der Waals surface area contributed by atoms with Crippen LogP contribution in [0, 0.1) is 10.1 Å². The van der Waals surface area contributed by atoms with E-state index in [4.69, 9.17) is 4.74 Å². The molecule has 1 N–H and O–H groups in total. The summed E-state index contributed by atoms with van der Waals surface area (Å²) in [6, 6.07) is 0.651. The van der Waals surface area contributed by atoms with Gasteiger partial charge in [0.2, 0.25) is 0 Å². The highest BCUT2D eigenvalue weighted by atomic mass is 19.4. The van der Waals surface area contributed by atoms with Gasteiger partial charge in [-0.2, -0.15) is 13.2 Å². The van der Waals surface area contributed by atoms with Gasteiger partial charge in [0.1, 0.15) is 12.3 Å². The lowest BCUT2D eigenvalue weighted by atomic mass is 10.2. The van der Waals surface area contributed by atoms with Crippen molar-refractivity contribution in [2.75, 3.05) is 13.1 Å². The van der Waals surface area contributed by atoms with E-state index in [1.807, 2.05) is 0 Å². The van der Waals surface area contributed by atoms with Crippen LogP contribution in [-0.2, 0) is 4.79 Å². The van der Waals surface area contributed by atoms with Crippen LogP contribution in [0.1, 0.15) is 0 Å². The van der Waals surface area contributed by atoms with Gasteiger partial charge in [-0.3, -0.25) is 10.1 Å². The van der Waals surface area contributed by atoms with Crippen molar-refractivity contribution < 1.29 is 32.4 Å². The molecule has 1 aliphatic rings. The van der Waals surface area contributed by atoms with Crippen LogP contribution in [-0.4, -0.2) is 41.2 Å². The zero-order valence-corrected chi connectivity index (χ0v) is 10.2. The summed E-state index contributed by atoms with van der Waals surface area (Å²) in [5.41, 5.74) is -0.626. The molecule has 0 atom stereocenters. The number of nitrogens with zero attached hydrogens (tertiary/aromatic N) is 2. The Balaban J connectivity index is 2.26. The summed E-state index contributed by atoms with van der Waals surface area (Å²) >= 11 is 0. The second kappa shape index (κ2) is 5.52. The average Bonchev–Trinajstić information content (AvgIpc) is 2.33. The summed E-state index contributed by atoms with van der Waals surface area (Å²) in [6.07, 6.45) is -4.80. The number of hydrogen-bond donors (Lipinski definition) is 1. The van der Waals surface area contributed by atoms with Crippen LogP contribution in [0.25, 0.3) is 0 Å². The lowest BCUT2D eigenvalue weighted by molar-refractivity contribution is -0.385. The SMILES string of the molecule is O=C(Oc1cc([N+](=O)[O-])cnc1OC1CNC1)C(F)(F)F. The molecule has 114 valence electrons. The van der Waals surface area contributed by atoms with E-state index in [0.29, 0.717) is 19.2 Å². The first-order valence-electron chi connectivity index (χ1n) is 5.58. The number of pyridine rings is 1. The predicted octanol–water partition coefficient (Wildman–Crippen LogP) is 0.808. The van der Waals surface area contributed by atoms with E-state index in [0.717, 1.165) is 6.20 Å². The zero-order chi connectivity index (χ0) is 15.6. The first kappa shape index (κ1) is 15.0. The lowest BCUT2D eigenvalue weighted by Gasteiger charge is -2.27. The molecule has 2 rings (SSSR count). The van der Waals surface area contributed by atoms with Crippen molar-refractivity contribution in [2.24, 2.45) is 0 Å². The Morgan fingerprint density at radius 3 is 2.62 bits per heavy atom. The minimum Gasteiger partial charge on any atom is -0.469 e. The van der Waals surface area contributed by atoms with Gasteiger partial charge in [-0.1, -0.05) is 0 Å². The fraction of sp³-hybridized carbons (Fsp3) is 0.400. The van der Waals surface area contributed by atoms with Crippen LogP contribution in [0.15, 0.2) is 12.3 Å². The smallest absolute Gasteiger partial charge is 0.469 e. The Kier molecular flexibility index (Phi) is 3.93. The molecule has 0 aromatic carbocycles. The average molecular weight is 307 g/mol. The molecule has 1 aromatic heterocycles. The highest BCUT2D eigenvalue weighted by molar-refractivity contribution is 5.78. The van der Waals surface area contributed by atoms with Gasteiger partial charge in [-0.05, 0) is 0 Å². The van der Waals surface area contributed by atoms with Crippen molar-refractivity contribution in [3.8, 4) is 11.6 Å². The molecule has 0 radical (unpaired) electrons. The molecule has 0 spiro atoms. The third-order valence-electron chi connectivity index (χ3n) is 2.47. The zero-order valence-electron chi connectivity index (χ0n) is 10.2. The quantitative estimate of drug-likeness (QED) is 0.498. The summed E-state index contributed by atoms with van der Waals surface area (Å²) in [5, 5.41) is 13.4. The largest absolute Gasteiger partial charge is 0.491 e. The van der Waals surface area contributed by atoms with E-state index in [2.05, 4.69) is 15.0 Å². The van der Waals surface area contributed by atoms with Crippen molar-refractivity contribution in [1.82, 2.24) is 10.3 Å². The topological polar surface area (TPSA) is 104 Å². The Morgan fingerprint density at radius 1 is 1.48 bits per heavy atom. The van der Waals surface area contributed by atoms with Gasteiger partial charge in [0.25, 0.3) is 11.6 Å².